The van der Waals surface area contributed by atoms with Crippen LogP contribution in [0.1, 0.15) is 5.69 Å². The van der Waals surface area contributed by atoms with E-state index in [1.165, 1.54) is 0 Å². The Hall–Kier alpha value is -0.170. The number of imidazole rings is 1. The van der Waals surface area contributed by atoms with Gasteiger partial charge in [-0.05, 0) is 45.4 Å². The maximum atomic E-state index is 4.25. The molecular formula is C7H5BrIN3. The van der Waals surface area contributed by atoms with Gasteiger partial charge in [-0.3, -0.25) is 4.40 Å². The molecule has 2 rings (SSSR count). The zero-order chi connectivity index (χ0) is 8.72. The van der Waals surface area contributed by atoms with E-state index in [2.05, 4.69) is 48.5 Å². The van der Waals surface area contributed by atoms with E-state index in [-0.39, 0.29) is 0 Å². The molecule has 62 valence electrons. The second-order valence-corrected chi connectivity index (χ2v) is 4.34. The second-order valence-electron chi connectivity index (χ2n) is 2.42. The maximum Gasteiger partial charge on any atom is 0.159 e. The lowest BCUT2D eigenvalue weighted by atomic mass is 10.5. The maximum absolute atomic E-state index is 4.25. The zero-order valence-corrected chi connectivity index (χ0v) is 10.00. The molecule has 12 heavy (non-hydrogen) atoms. The van der Waals surface area contributed by atoms with Gasteiger partial charge in [-0.1, -0.05) is 0 Å². The Morgan fingerprint density at radius 1 is 1.58 bits per heavy atom. The van der Waals surface area contributed by atoms with Crippen molar-refractivity contribution in [3.05, 3.63) is 26.4 Å². The molecule has 0 atom stereocenters. The topological polar surface area (TPSA) is 30.2 Å². The summed E-state index contributed by atoms with van der Waals surface area (Å²) in [5.41, 5.74) is 1.86. The van der Waals surface area contributed by atoms with Gasteiger partial charge >= 0.3 is 0 Å². The molecule has 0 saturated carbocycles. The molecule has 0 aromatic carbocycles. The number of aromatic nitrogens is 3. The summed E-state index contributed by atoms with van der Waals surface area (Å²) in [6, 6.07) is 0. The van der Waals surface area contributed by atoms with Gasteiger partial charge in [0.05, 0.1) is 11.9 Å². The van der Waals surface area contributed by atoms with Crippen LogP contribution in [0.5, 0.6) is 0 Å². The molecule has 0 fully saturated rings. The molecule has 3 nitrogen and oxygen atoms in total. The fourth-order valence-electron chi connectivity index (χ4n) is 1.08. The molecule has 0 bridgehead atoms. The molecule has 0 aliphatic rings. The molecule has 0 aliphatic carbocycles. The highest BCUT2D eigenvalue weighted by Crippen LogP contribution is 2.15. The third-order valence-corrected chi connectivity index (χ3v) is 2.77. The lowest BCUT2D eigenvalue weighted by Crippen LogP contribution is -1.93. The van der Waals surface area contributed by atoms with Crippen LogP contribution in [0.3, 0.4) is 0 Å². The van der Waals surface area contributed by atoms with E-state index in [0.717, 1.165) is 19.6 Å². The van der Waals surface area contributed by atoms with E-state index in [1.807, 2.05) is 23.7 Å². The van der Waals surface area contributed by atoms with Gasteiger partial charge < -0.3 is 0 Å². The van der Waals surface area contributed by atoms with Crippen molar-refractivity contribution in [3.63, 3.8) is 0 Å². The molecule has 2 aromatic rings. The second kappa shape index (κ2) is 2.95. The molecule has 2 aromatic heterocycles. The summed E-state index contributed by atoms with van der Waals surface area (Å²) in [5.74, 6) is 0. The fraction of sp³-hybridized carbons (Fsp3) is 0.143. The molecule has 0 N–H and O–H groups in total. The first kappa shape index (κ1) is 8.43. The van der Waals surface area contributed by atoms with Crippen LogP contribution < -0.4 is 0 Å². The molecule has 2 heterocycles. The summed E-state index contributed by atoms with van der Waals surface area (Å²) in [4.78, 5) is 8.48. The molecule has 5 heteroatoms. The van der Waals surface area contributed by atoms with Gasteiger partial charge in [0.25, 0.3) is 0 Å². The summed E-state index contributed by atoms with van der Waals surface area (Å²) >= 11 is 5.58. The highest BCUT2D eigenvalue weighted by atomic mass is 127. The van der Waals surface area contributed by atoms with Crippen LogP contribution in [-0.4, -0.2) is 14.4 Å². The molecule has 0 radical (unpaired) electrons. The average molecular weight is 338 g/mol. The smallest absolute Gasteiger partial charge is 0.159 e. The Kier molecular flexibility index (Phi) is 2.07. The van der Waals surface area contributed by atoms with Crippen LogP contribution in [0.15, 0.2) is 17.0 Å². The van der Waals surface area contributed by atoms with Gasteiger partial charge in [0.15, 0.2) is 5.65 Å². The number of hydrogen-bond donors (Lipinski definition) is 0. The van der Waals surface area contributed by atoms with Crippen molar-refractivity contribution in [2.75, 3.05) is 0 Å². The third kappa shape index (κ3) is 1.24. The van der Waals surface area contributed by atoms with Gasteiger partial charge in [-0.2, -0.15) is 0 Å². The van der Waals surface area contributed by atoms with Gasteiger partial charge in [-0.15, -0.1) is 0 Å². The van der Waals surface area contributed by atoms with Crippen LogP contribution in [0, 0.1) is 10.6 Å². The first-order valence-corrected chi connectivity index (χ1v) is 5.21. The van der Waals surface area contributed by atoms with Crippen molar-refractivity contribution in [3.8, 4) is 0 Å². The summed E-state index contributed by atoms with van der Waals surface area (Å²) in [6.07, 6.45) is 3.74. The Labute approximate surface area is 91.5 Å². The number of fused-ring (bicyclic) bond motifs is 1. The Morgan fingerprint density at radius 3 is 3.08 bits per heavy atom. The first-order valence-electron chi connectivity index (χ1n) is 3.34. The number of aryl methyl sites for hydroxylation is 1. The average Bonchev–Trinajstić information content (AvgIpc) is 2.33. The van der Waals surface area contributed by atoms with Gasteiger partial charge in [0, 0.05) is 6.20 Å². The van der Waals surface area contributed by atoms with Crippen LogP contribution in [0.2, 0.25) is 0 Å². The van der Waals surface area contributed by atoms with Crippen molar-refractivity contribution in [2.24, 2.45) is 0 Å². The number of hydrogen-bond acceptors (Lipinski definition) is 2. The molecule has 0 aliphatic heterocycles. The predicted molar refractivity (Wildman–Crippen MR) is 58.1 cm³/mol. The van der Waals surface area contributed by atoms with Crippen LogP contribution >= 0.6 is 38.5 Å². The van der Waals surface area contributed by atoms with Crippen LogP contribution in [0.25, 0.3) is 5.65 Å². The SMILES string of the molecule is Cc1nc(Br)cn2c(I)cnc12. The standard InChI is InChI=1S/C7H5BrIN3/c1-4-7-10-2-6(9)12(7)3-5(8)11-4/h2-3H,1H3. The number of rotatable bonds is 0. The van der Waals surface area contributed by atoms with Crippen molar-refractivity contribution < 1.29 is 0 Å². The number of halogens is 2. The van der Waals surface area contributed by atoms with Gasteiger partial charge in [0.1, 0.15) is 8.30 Å². The predicted octanol–water partition coefficient (Wildman–Crippen LogP) is 2.40. The van der Waals surface area contributed by atoms with E-state index >= 15 is 0 Å². The molecule has 0 spiro atoms. The van der Waals surface area contributed by atoms with Crippen LogP contribution in [-0.2, 0) is 0 Å². The summed E-state index contributed by atoms with van der Waals surface area (Å²) in [5, 5.41) is 0. The zero-order valence-electron chi connectivity index (χ0n) is 6.25. The summed E-state index contributed by atoms with van der Waals surface area (Å²) < 4.78 is 3.93. The van der Waals surface area contributed by atoms with E-state index in [9.17, 15) is 0 Å². The Bertz CT molecular complexity index is 437. The van der Waals surface area contributed by atoms with E-state index in [0.29, 0.717) is 0 Å². The van der Waals surface area contributed by atoms with Crippen molar-refractivity contribution in [1.29, 1.82) is 0 Å². The highest BCUT2D eigenvalue weighted by molar-refractivity contribution is 14.1. The minimum atomic E-state index is 0.836. The summed E-state index contributed by atoms with van der Waals surface area (Å²) in [6.45, 7) is 1.95. The quantitative estimate of drug-likeness (QED) is 0.691. The third-order valence-electron chi connectivity index (χ3n) is 1.59. The normalized spacial score (nSPS) is 10.9. The number of nitrogens with zero attached hydrogens (tertiary/aromatic N) is 3. The Morgan fingerprint density at radius 2 is 2.33 bits per heavy atom. The van der Waals surface area contributed by atoms with Crippen molar-refractivity contribution >= 4 is 44.2 Å². The van der Waals surface area contributed by atoms with Crippen LogP contribution in [0.4, 0.5) is 0 Å². The van der Waals surface area contributed by atoms with Gasteiger partial charge in [0.2, 0.25) is 0 Å². The molecule has 0 saturated heterocycles. The monoisotopic (exact) mass is 337 g/mol. The minimum absolute atomic E-state index is 0.836. The fourth-order valence-corrected chi connectivity index (χ4v) is 2.05. The largest absolute Gasteiger partial charge is 0.291 e. The van der Waals surface area contributed by atoms with E-state index < -0.39 is 0 Å². The summed E-state index contributed by atoms with van der Waals surface area (Å²) in [7, 11) is 0. The van der Waals surface area contributed by atoms with E-state index in [4.69, 9.17) is 0 Å². The first-order chi connectivity index (χ1) is 5.68. The Balaban J connectivity index is 2.92. The highest BCUT2D eigenvalue weighted by Gasteiger charge is 2.04. The molecule has 0 amide bonds. The van der Waals surface area contributed by atoms with Gasteiger partial charge in [-0.25, -0.2) is 9.97 Å². The van der Waals surface area contributed by atoms with Crippen molar-refractivity contribution in [1.82, 2.24) is 14.4 Å². The lowest BCUT2D eigenvalue weighted by molar-refractivity contribution is 1.04. The minimum Gasteiger partial charge on any atom is -0.291 e. The van der Waals surface area contributed by atoms with E-state index in [1.54, 1.807) is 0 Å². The van der Waals surface area contributed by atoms with Crippen molar-refractivity contribution in [2.45, 2.75) is 6.92 Å². The molecular weight excluding hydrogens is 333 g/mol. The molecule has 0 unspecified atom stereocenters. The lowest BCUT2D eigenvalue weighted by Gasteiger charge is -1.98.